The van der Waals surface area contributed by atoms with Crippen molar-refractivity contribution in [3.8, 4) is 0 Å². The van der Waals surface area contributed by atoms with Gasteiger partial charge in [-0.1, -0.05) is 0 Å². The van der Waals surface area contributed by atoms with Crippen molar-refractivity contribution in [2.24, 2.45) is 16.6 Å². The lowest BCUT2D eigenvalue weighted by molar-refractivity contribution is -0.123. The van der Waals surface area contributed by atoms with Crippen LogP contribution in [0.3, 0.4) is 0 Å². The van der Waals surface area contributed by atoms with Crippen LogP contribution in [0.2, 0.25) is 0 Å². The van der Waals surface area contributed by atoms with E-state index in [0.717, 1.165) is 104 Å². The number of unbranched alkanes of at least 4 members (excludes halogenated alkanes) is 1. The van der Waals surface area contributed by atoms with Crippen LogP contribution in [0, 0.1) is 5.92 Å². The lowest BCUT2D eigenvalue weighted by Crippen LogP contribution is -2.39. The normalized spacial score (nSPS) is 21.0. The van der Waals surface area contributed by atoms with Crippen molar-refractivity contribution in [3.63, 3.8) is 0 Å². The highest BCUT2D eigenvalue weighted by molar-refractivity contribution is 14.0. The quantitative estimate of drug-likeness (QED) is 0.154. The molecule has 2 heterocycles. The van der Waals surface area contributed by atoms with Gasteiger partial charge < -0.3 is 30.7 Å². The fourth-order valence-corrected chi connectivity index (χ4v) is 3.60. The minimum absolute atomic E-state index is 0. The van der Waals surface area contributed by atoms with Crippen LogP contribution in [0.5, 0.6) is 0 Å². The molecule has 4 N–H and O–H groups in total. The number of carbonyl (C=O) groups is 1. The topological polar surface area (TPSA) is 101 Å². The molecule has 0 radical (unpaired) electrons. The standard InChI is InChI=1S/C20H39N5O3.HI/c1-2-22-20(24-10-5-14-28-18-8-15-27-16-18)23-9-3-4-11-25-12-6-17(7-13-25)19(21)26;/h17-18H,2-16H2,1H3,(H2,21,26)(H2,22,23,24);1H. The number of aliphatic imine (C=N–C) groups is 1. The molecule has 8 nitrogen and oxygen atoms in total. The highest BCUT2D eigenvalue weighted by Crippen LogP contribution is 2.16. The number of likely N-dealkylation sites (tertiary alicyclic amines) is 1. The molecule has 0 aliphatic carbocycles. The van der Waals surface area contributed by atoms with Crippen molar-refractivity contribution in [1.29, 1.82) is 0 Å². The van der Waals surface area contributed by atoms with Crippen LogP contribution in [0.25, 0.3) is 0 Å². The van der Waals surface area contributed by atoms with Crippen molar-refractivity contribution >= 4 is 35.8 Å². The molecule has 2 aliphatic heterocycles. The first-order valence-electron chi connectivity index (χ1n) is 10.9. The van der Waals surface area contributed by atoms with Crippen LogP contribution >= 0.6 is 24.0 Å². The average molecular weight is 525 g/mol. The summed E-state index contributed by atoms with van der Waals surface area (Å²) in [6.45, 7) is 9.97. The number of hydrogen-bond donors (Lipinski definition) is 3. The molecule has 2 fully saturated rings. The molecule has 9 heteroatoms. The zero-order valence-corrected chi connectivity index (χ0v) is 20.2. The highest BCUT2D eigenvalue weighted by Gasteiger charge is 2.22. The van der Waals surface area contributed by atoms with E-state index in [2.05, 4.69) is 27.4 Å². The number of amides is 1. The van der Waals surface area contributed by atoms with E-state index in [0.29, 0.717) is 0 Å². The number of piperidine rings is 1. The summed E-state index contributed by atoms with van der Waals surface area (Å²) in [6, 6.07) is 0. The Morgan fingerprint density at radius 1 is 1.21 bits per heavy atom. The number of ether oxygens (including phenoxy) is 2. The minimum Gasteiger partial charge on any atom is -0.379 e. The molecule has 0 aromatic heterocycles. The predicted octanol–water partition coefficient (Wildman–Crippen LogP) is 1.33. The monoisotopic (exact) mass is 525 g/mol. The molecule has 2 rings (SSSR count). The van der Waals surface area contributed by atoms with Gasteiger partial charge in [-0.05, 0) is 65.1 Å². The molecular weight excluding hydrogens is 485 g/mol. The van der Waals surface area contributed by atoms with Crippen LogP contribution < -0.4 is 16.4 Å². The van der Waals surface area contributed by atoms with Gasteiger partial charge in [0.25, 0.3) is 0 Å². The van der Waals surface area contributed by atoms with Gasteiger partial charge in [0.2, 0.25) is 5.91 Å². The molecule has 0 aromatic rings. The van der Waals surface area contributed by atoms with Gasteiger partial charge in [-0.3, -0.25) is 9.79 Å². The summed E-state index contributed by atoms with van der Waals surface area (Å²) >= 11 is 0. The van der Waals surface area contributed by atoms with Gasteiger partial charge in [0.1, 0.15) is 0 Å². The number of carbonyl (C=O) groups excluding carboxylic acids is 1. The minimum atomic E-state index is -0.141. The van der Waals surface area contributed by atoms with Gasteiger partial charge in [-0.25, -0.2) is 0 Å². The van der Waals surface area contributed by atoms with Crippen molar-refractivity contribution in [1.82, 2.24) is 15.5 Å². The van der Waals surface area contributed by atoms with Crippen molar-refractivity contribution in [2.75, 3.05) is 59.1 Å². The summed E-state index contributed by atoms with van der Waals surface area (Å²) in [6.07, 6.45) is 6.27. The van der Waals surface area contributed by atoms with Crippen molar-refractivity contribution in [2.45, 2.75) is 51.6 Å². The smallest absolute Gasteiger partial charge is 0.220 e. The van der Waals surface area contributed by atoms with Gasteiger partial charge >= 0.3 is 0 Å². The van der Waals surface area contributed by atoms with Gasteiger partial charge in [-0.2, -0.15) is 0 Å². The zero-order valence-electron chi connectivity index (χ0n) is 17.9. The van der Waals surface area contributed by atoms with Crippen LogP contribution in [-0.4, -0.2) is 82.0 Å². The third-order valence-corrected chi connectivity index (χ3v) is 5.34. The second-order valence-corrected chi connectivity index (χ2v) is 7.62. The number of nitrogens with one attached hydrogen (secondary N) is 2. The van der Waals surface area contributed by atoms with Crippen LogP contribution in [0.4, 0.5) is 0 Å². The maximum Gasteiger partial charge on any atom is 0.220 e. The number of nitrogens with zero attached hydrogens (tertiary/aromatic N) is 2. The molecule has 1 atom stereocenters. The number of halogens is 1. The molecule has 1 amide bonds. The van der Waals surface area contributed by atoms with Gasteiger partial charge in [0, 0.05) is 38.8 Å². The Hall–Kier alpha value is -0.650. The van der Waals surface area contributed by atoms with Crippen LogP contribution in [-0.2, 0) is 14.3 Å². The SMILES string of the molecule is CCNC(=NCCCOC1CCOC1)NCCCCN1CCC(C(N)=O)CC1.I. The molecule has 170 valence electrons. The number of rotatable bonds is 12. The molecule has 0 saturated carbocycles. The van der Waals surface area contributed by atoms with E-state index < -0.39 is 0 Å². The van der Waals surface area contributed by atoms with E-state index in [1.54, 1.807) is 0 Å². The highest BCUT2D eigenvalue weighted by atomic mass is 127. The lowest BCUT2D eigenvalue weighted by atomic mass is 9.96. The first-order valence-corrected chi connectivity index (χ1v) is 10.9. The van der Waals surface area contributed by atoms with E-state index in [9.17, 15) is 4.79 Å². The van der Waals surface area contributed by atoms with E-state index >= 15 is 0 Å². The second kappa shape index (κ2) is 16.1. The van der Waals surface area contributed by atoms with Crippen molar-refractivity contribution in [3.05, 3.63) is 0 Å². The Bertz CT molecular complexity index is 467. The molecule has 0 aromatic carbocycles. The maximum atomic E-state index is 11.2. The Balaban J connectivity index is 0.00000420. The van der Waals surface area contributed by atoms with Gasteiger partial charge in [0.05, 0.1) is 12.7 Å². The predicted molar refractivity (Wildman–Crippen MR) is 127 cm³/mol. The van der Waals surface area contributed by atoms with Crippen molar-refractivity contribution < 1.29 is 14.3 Å². The first kappa shape index (κ1) is 26.4. The molecule has 0 spiro atoms. The molecule has 0 bridgehead atoms. The zero-order chi connectivity index (χ0) is 20.0. The largest absolute Gasteiger partial charge is 0.379 e. The fourth-order valence-electron chi connectivity index (χ4n) is 3.60. The summed E-state index contributed by atoms with van der Waals surface area (Å²) in [5.74, 6) is 0.820. The molecule has 2 saturated heterocycles. The molecule has 1 unspecified atom stereocenters. The van der Waals surface area contributed by atoms with Crippen LogP contribution in [0.15, 0.2) is 4.99 Å². The van der Waals surface area contributed by atoms with E-state index in [4.69, 9.17) is 15.2 Å². The summed E-state index contributed by atoms with van der Waals surface area (Å²) < 4.78 is 11.1. The van der Waals surface area contributed by atoms with Crippen LogP contribution in [0.1, 0.15) is 45.4 Å². The summed E-state index contributed by atoms with van der Waals surface area (Å²) in [7, 11) is 0. The molecule has 29 heavy (non-hydrogen) atoms. The fraction of sp³-hybridized carbons (Fsp3) is 0.900. The third kappa shape index (κ3) is 11.4. The number of guanidine groups is 1. The average Bonchev–Trinajstić information content (AvgIpc) is 3.21. The summed E-state index contributed by atoms with van der Waals surface area (Å²) in [5.41, 5.74) is 5.39. The maximum absolute atomic E-state index is 11.2. The molecular formula is C20H40IN5O3. The molecule has 2 aliphatic rings. The Morgan fingerprint density at radius 2 is 2.00 bits per heavy atom. The second-order valence-electron chi connectivity index (χ2n) is 7.62. The summed E-state index contributed by atoms with van der Waals surface area (Å²) in [5, 5.41) is 6.71. The Labute approximate surface area is 192 Å². The lowest BCUT2D eigenvalue weighted by Gasteiger charge is -2.30. The first-order chi connectivity index (χ1) is 13.7. The van der Waals surface area contributed by atoms with E-state index in [-0.39, 0.29) is 41.9 Å². The van der Waals surface area contributed by atoms with E-state index in [1.807, 2.05) is 0 Å². The Kier molecular flexibility index (Phi) is 14.6. The summed E-state index contributed by atoms with van der Waals surface area (Å²) in [4.78, 5) is 18.3. The number of hydrogen-bond acceptors (Lipinski definition) is 5. The third-order valence-electron chi connectivity index (χ3n) is 5.34. The van der Waals surface area contributed by atoms with Gasteiger partial charge in [-0.15, -0.1) is 24.0 Å². The number of nitrogens with two attached hydrogens (primary N) is 1. The van der Waals surface area contributed by atoms with E-state index in [1.165, 1.54) is 0 Å². The Morgan fingerprint density at radius 3 is 2.66 bits per heavy atom. The number of primary amides is 1. The van der Waals surface area contributed by atoms with Gasteiger partial charge in [0.15, 0.2) is 5.96 Å².